The van der Waals surface area contributed by atoms with E-state index in [1.54, 1.807) is 0 Å². The van der Waals surface area contributed by atoms with Crippen molar-refractivity contribution < 1.29 is 4.79 Å². The van der Waals surface area contributed by atoms with Gasteiger partial charge in [-0.25, -0.2) is 0 Å². The number of amides is 1. The molecule has 25 heavy (non-hydrogen) atoms. The maximum atomic E-state index is 12.7. The second-order valence-electron chi connectivity index (χ2n) is 7.29. The maximum Gasteiger partial charge on any atom is 0.234 e. The van der Waals surface area contributed by atoms with E-state index in [1.165, 1.54) is 18.4 Å². The van der Waals surface area contributed by atoms with Gasteiger partial charge in [-0.1, -0.05) is 30.3 Å². The zero-order valence-electron chi connectivity index (χ0n) is 14.6. The lowest BCUT2D eigenvalue weighted by Crippen LogP contribution is -2.42. The number of carbonyl (C=O) groups is 1. The minimum absolute atomic E-state index is 0.146. The van der Waals surface area contributed by atoms with Crippen LogP contribution < -0.4 is 5.32 Å². The largest absolute Gasteiger partial charge is 0.348 e. The van der Waals surface area contributed by atoms with E-state index in [4.69, 9.17) is 0 Å². The molecule has 0 spiro atoms. The standard InChI is InChI=1S/C20H26N4O/c25-19(22-20(17-9-10-17)16-6-2-1-3-7-16)15-23-12-4-8-18(23)14-24-13-5-11-21-24/h1-3,5-7,11,13,17-18,20H,4,8-10,12,14-15H2,(H,22,25)/t18-,20-/m1/s1. The molecule has 132 valence electrons. The van der Waals surface area contributed by atoms with Crippen LogP contribution in [0.4, 0.5) is 0 Å². The van der Waals surface area contributed by atoms with E-state index < -0.39 is 0 Å². The summed E-state index contributed by atoms with van der Waals surface area (Å²) in [6.45, 7) is 2.35. The van der Waals surface area contributed by atoms with Crippen LogP contribution in [-0.2, 0) is 11.3 Å². The molecule has 1 aromatic heterocycles. The summed E-state index contributed by atoms with van der Waals surface area (Å²) in [5.74, 6) is 0.748. The third-order valence-electron chi connectivity index (χ3n) is 5.37. The van der Waals surface area contributed by atoms with Gasteiger partial charge >= 0.3 is 0 Å². The van der Waals surface area contributed by atoms with Crippen molar-refractivity contribution in [2.45, 2.75) is 44.3 Å². The number of nitrogens with zero attached hydrogens (tertiary/aromatic N) is 3. The Hall–Kier alpha value is -2.14. The Morgan fingerprint density at radius 2 is 2.04 bits per heavy atom. The van der Waals surface area contributed by atoms with Crippen molar-refractivity contribution in [2.24, 2.45) is 5.92 Å². The zero-order valence-corrected chi connectivity index (χ0v) is 14.6. The molecular formula is C20H26N4O. The molecule has 1 aliphatic heterocycles. The predicted molar refractivity (Wildman–Crippen MR) is 96.9 cm³/mol. The first-order valence-electron chi connectivity index (χ1n) is 9.35. The monoisotopic (exact) mass is 338 g/mol. The Labute approximate surface area is 149 Å². The molecule has 5 heteroatoms. The van der Waals surface area contributed by atoms with Gasteiger partial charge in [-0.2, -0.15) is 5.10 Å². The summed E-state index contributed by atoms with van der Waals surface area (Å²) >= 11 is 0. The molecule has 1 amide bonds. The first-order valence-corrected chi connectivity index (χ1v) is 9.35. The molecule has 2 heterocycles. The molecule has 4 rings (SSSR count). The summed E-state index contributed by atoms with van der Waals surface area (Å²) in [5, 5.41) is 7.60. The quantitative estimate of drug-likeness (QED) is 0.844. The van der Waals surface area contributed by atoms with Gasteiger partial charge in [0.2, 0.25) is 5.91 Å². The van der Waals surface area contributed by atoms with Crippen molar-refractivity contribution in [3.05, 3.63) is 54.4 Å². The molecule has 1 saturated carbocycles. The van der Waals surface area contributed by atoms with Gasteiger partial charge in [-0.15, -0.1) is 0 Å². The average molecular weight is 338 g/mol. The SMILES string of the molecule is O=C(CN1CCC[C@@H]1Cn1cccn1)N[C@H](c1ccccc1)C1CC1. The third kappa shape index (κ3) is 4.10. The van der Waals surface area contributed by atoms with Crippen LogP contribution in [0.2, 0.25) is 0 Å². The van der Waals surface area contributed by atoms with Crippen molar-refractivity contribution in [1.82, 2.24) is 20.0 Å². The number of hydrogen-bond acceptors (Lipinski definition) is 3. The summed E-state index contributed by atoms with van der Waals surface area (Å²) in [5.41, 5.74) is 1.23. The van der Waals surface area contributed by atoms with Crippen molar-refractivity contribution in [2.75, 3.05) is 13.1 Å². The lowest BCUT2D eigenvalue weighted by atomic mass is 10.0. The number of hydrogen-bond donors (Lipinski definition) is 1. The van der Waals surface area contributed by atoms with Crippen LogP contribution in [0.25, 0.3) is 0 Å². The highest BCUT2D eigenvalue weighted by Crippen LogP contribution is 2.40. The van der Waals surface area contributed by atoms with Gasteiger partial charge in [0.15, 0.2) is 0 Å². The zero-order chi connectivity index (χ0) is 17.1. The molecule has 2 atom stereocenters. The minimum Gasteiger partial charge on any atom is -0.348 e. The number of rotatable bonds is 7. The molecule has 1 N–H and O–H groups in total. The van der Waals surface area contributed by atoms with Gasteiger partial charge in [-0.05, 0) is 49.8 Å². The fourth-order valence-electron chi connectivity index (χ4n) is 3.90. The Bertz CT molecular complexity index is 681. The van der Waals surface area contributed by atoms with E-state index >= 15 is 0 Å². The van der Waals surface area contributed by atoms with Gasteiger partial charge in [0.1, 0.15) is 0 Å². The molecule has 1 saturated heterocycles. The van der Waals surface area contributed by atoms with Crippen LogP contribution >= 0.6 is 0 Å². The molecule has 2 aliphatic rings. The van der Waals surface area contributed by atoms with E-state index in [0.29, 0.717) is 18.5 Å². The highest BCUT2D eigenvalue weighted by atomic mass is 16.2. The Morgan fingerprint density at radius 1 is 1.20 bits per heavy atom. The average Bonchev–Trinajstić information content (AvgIpc) is 3.17. The highest BCUT2D eigenvalue weighted by molar-refractivity contribution is 5.78. The summed E-state index contributed by atoms with van der Waals surface area (Å²) in [7, 11) is 0. The molecule has 0 bridgehead atoms. The van der Waals surface area contributed by atoms with Crippen LogP contribution in [0.1, 0.15) is 37.3 Å². The lowest BCUT2D eigenvalue weighted by molar-refractivity contribution is -0.123. The van der Waals surface area contributed by atoms with Gasteiger partial charge in [0.25, 0.3) is 0 Å². The Kier molecular flexibility index (Phi) is 4.83. The second-order valence-corrected chi connectivity index (χ2v) is 7.29. The number of aromatic nitrogens is 2. The molecule has 0 radical (unpaired) electrons. The third-order valence-corrected chi connectivity index (χ3v) is 5.37. The maximum absolute atomic E-state index is 12.7. The smallest absolute Gasteiger partial charge is 0.234 e. The summed E-state index contributed by atoms with van der Waals surface area (Å²) in [4.78, 5) is 15.0. The second kappa shape index (κ2) is 7.40. The number of nitrogens with one attached hydrogen (secondary N) is 1. The summed E-state index contributed by atoms with van der Waals surface area (Å²) < 4.78 is 1.97. The van der Waals surface area contributed by atoms with Crippen LogP contribution in [0.15, 0.2) is 48.8 Å². The van der Waals surface area contributed by atoms with Gasteiger partial charge in [0, 0.05) is 18.4 Å². The fraction of sp³-hybridized carbons (Fsp3) is 0.500. The van der Waals surface area contributed by atoms with Crippen molar-refractivity contribution >= 4 is 5.91 Å². The van der Waals surface area contributed by atoms with Gasteiger partial charge < -0.3 is 5.32 Å². The molecule has 1 aromatic carbocycles. The fourth-order valence-corrected chi connectivity index (χ4v) is 3.90. The molecule has 5 nitrogen and oxygen atoms in total. The molecule has 0 unspecified atom stereocenters. The van der Waals surface area contributed by atoms with Gasteiger partial charge in [-0.3, -0.25) is 14.4 Å². The van der Waals surface area contributed by atoms with Crippen LogP contribution in [0, 0.1) is 5.92 Å². The Balaban J connectivity index is 1.36. The predicted octanol–water partition coefficient (Wildman–Crippen LogP) is 2.62. The van der Waals surface area contributed by atoms with E-state index in [9.17, 15) is 4.79 Å². The summed E-state index contributed by atoms with van der Waals surface area (Å²) in [6.07, 6.45) is 8.53. The summed E-state index contributed by atoms with van der Waals surface area (Å²) in [6, 6.07) is 12.9. The number of benzene rings is 1. The van der Waals surface area contributed by atoms with E-state index in [1.807, 2.05) is 29.2 Å². The minimum atomic E-state index is 0.146. The topological polar surface area (TPSA) is 50.2 Å². The highest BCUT2D eigenvalue weighted by Gasteiger charge is 2.34. The van der Waals surface area contributed by atoms with Crippen LogP contribution in [0.5, 0.6) is 0 Å². The van der Waals surface area contributed by atoms with Crippen LogP contribution in [0.3, 0.4) is 0 Å². The lowest BCUT2D eigenvalue weighted by Gasteiger charge is -2.26. The molecular weight excluding hydrogens is 312 g/mol. The molecule has 1 aliphatic carbocycles. The van der Waals surface area contributed by atoms with Crippen LogP contribution in [-0.4, -0.2) is 39.7 Å². The normalized spacial score (nSPS) is 22.0. The van der Waals surface area contributed by atoms with E-state index in [0.717, 1.165) is 25.9 Å². The first kappa shape index (κ1) is 16.3. The van der Waals surface area contributed by atoms with Crippen molar-refractivity contribution in [1.29, 1.82) is 0 Å². The Morgan fingerprint density at radius 3 is 2.76 bits per heavy atom. The first-order chi connectivity index (χ1) is 12.3. The van der Waals surface area contributed by atoms with Crippen molar-refractivity contribution in [3.8, 4) is 0 Å². The van der Waals surface area contributed by atoms with E-state index in [2.05, 4.69) is 39.6 Å². The van der Waals surface area contributed by atoms with Crippen molar-refractivity contribution in [3.63, 3.8) is 0 Å². The number of likely N-dealkylation sites (tertiary alicyclic amines) is 1. The molecule has 2 fully saturated rings. The molecule has 2 aromatic rings. The van der Waals surface area contributed by atoms with E-state index in [-0.39, 0.29) is 11.9 Å². The number of carbonyl (C=O) groups excluding carboxylic acids is 1. The van der Waals surface area contributed by atoms with Gasteiger partial charge in [0.05, 0.1) is 19.1 Å².